The van der Waals surface area contributed by atoms with Crippen LogP contribution in [0.1, 0.15) is 26.2 Å². The van der Waals surface area contributed by atoms with Crippen molar-refractivity contribution in [1.29, 1.82) is 0 Å². The number of amides is 2. The van der Waals surface area contributed by atoms with E-state index in [1.165, 1.54) is 0 Å². The Balaban J connectivity index is 1.55. The van der Waals surface area contributed by atoms with Gasteiger partial charge in [-0.05, 0) is 38.0 Å². The van der Waals surface area contributed by atoms with Crippen LogP contribution in [0, 0.1) is 17.8 Å². The predicted molar refractivity (Wildman–Crippen MR) is 77.3 cm³/mol. The maximum absolute atomic E-state index is 12.5. The van der Waals surface area contributed by atoms with Crippen LogP contribution in [0.15, 0.2) is 0 Å². The van der Waals surface area contributed by atoms with Crippen molar-refractivity contribution in [2.45, 2.75) is 38.3 Å². The van der Waals surface area contributed by atoms with Crippen LogP contribution in [-0.2, 0) is 14.3 Å². The highest BCUT2D eigenvalue weighted by Crippen LogP contribution is 2.47. The lowest BCUT2D eigenvalue weighted by atomic mass is 9.84. The summed E-state index contributed by atoms with van der Waals surface area (Å²) in [6.45, 7) is 4.11. The maximum Gasteiger partial charge on any atom is 0.245 e. The fourth-order valence-corrected chi connectivity index (χ4v) is 4.15. The molecule has 0 spiro atoms. The van der Waals surface area contributed by atoms with Gasteiger partial charge in [-0.2, -0.15) is 0 Å². The molecule has 3 aliphatic rings. The van der Waals surface area contributed by atoms with Crippen molar-refractivity contribution in [2.24, 2.45) is 23.5 Å². The van der Waals surface area contributed by atoms with Gasteiger partial charge in [0, 0.05) is 19.1 Å². The first kappa shape index (κ1) is 14.8. The van der Waals surface area contributed by atoms with Gasteiger partial charge in [0.05, 0.1) is 19.1 Å². The molecule has 0 aromatic carbocycles. The highest BCUT2D eigenvalue weighted by molar-refractivity contribution is 5.89. The summed E-state index contributed by atoms with van der Waals surface area (Å²) < 4.78 is 5.24. The van der Waals surface area contributed by atoms with E-state index in [1.54, 1.807) is 11.8 Å². The molecule has 3 N–H and O–H groups in total. The Bertz CT molecular complexity index is 420. The first-order valence-corrected chi connectivity index (χ1v) is 8.00. The molecular weight excluding hydrogens is 270 g/mol. The molecule has 3 rings (SSSR count). The van der Waals surface area contributed by atoms with E-state index in [4.69, 9.17) is 10.5 Å². The van der Waals surface area contributed by atoms with Gasteiger partial charge in [-0.15, -0.1) is 0 Å². The van der Waals surface area contributed by atoms with Gasteiger partial charge in [0.1, 0.15) is 6.04 Å². The predicted octanol–water partition coefficient (Wildman–Crippen LogP) is -0.277. The number of carbonyl (C=O) groups excluding carboxylic acids is 2. The molecule has 6 nitrogen and oxygen atoms in total. The molecule has 21 heavy (non-hydrogen) atoms. The first-order chi connectivity index (χ1) is 10.1. The molecule has 0 radical (unpaired) electrons. The highest BCUT2D eigenvalue weighted by atomic mass is 16.5. The Labute approximate surface area is 125 Å². The van der Waals surface area contributed by atoms with E-state index in [0.29, 0.717) is 38.1 Å². The zero-order valence-electron chi connectivity index (χ0n) is 12.6. The van der Waals surface area contributed by atoms with Crippen LogP contribution in [0.4, 0.5) is 0 Å². The third-order valence-corrected chi connectivity index (χ3v) is 5.34. The van der Waals surface area contributed by atoms with Crippen LogP contribution in [0.2, 0.25) is 0 Å². The number of nitrogens with one attached hydrogen (secondary N) is 1. The van der Waals surface area contributed by atoms with E-state index < -0.39 is 6.04 Å². The summed E-state index contributed by atoms with van der Waals surface area (Å²) in [4.78, 5) is 26.5. The monoisotopic (exact) mass is 295 g/mol. The molecule has 1 saturated heterocycles. The zero-order valence-corrected chi connectivity index (χ0v) is 12.6. The minimum atomic E-state index is -0.484. The van der Waals surface area contributed by atoms with Gasteiger partial charge in [0.15, 0.2) is 0 Å². The van der Waals surface area contributed by atoms with Crippen molar-refractivity contribution in [3.05, 3.63) is 0 Å². The van der Waals surface area contributed by atoms with E-state index in [9.17, 15) is 9.59 Å². The largest absolute Gasteiger partial charge is 0.378 e. The van der Waals surface area contributed by atoms with Gasteiger partial charge in [-0.3, -0.25) is 9.59 Å². The summed E-state index contributed by atoms with van der Waals surface area (Å²) in [5.41, 5.74) is 6.19. The number of ether oxygens (including phenoxy) is 1. The van der Waals surface area contributed by atoms with Crippen LogP contribution < -0.4 is 11.1 Å². The lowest BCUT2D eigenvalue weighted by molar-refractivity contribution is -0.140. The standard InChI is InChI=1S/C15H25N3O3/c1-9(15(20)18-4-6-21-7-5-18)17-14(19)12-10-2-3-11(8-10)13(12)16/h9-13H,2-8,16H2,1H3,(H,17,19). The number of fused-ring (bicyclic) bond motifs is 2. The van der Waals surface area contributed by atoms with Gasteiger partial charge < -0.3 is 20.7 Å². The van der Waals surface area contributed by atoms with Crippen LogP contribution >= 0.6 is 0 Å². The van der Waals surface area contributed by atoms with Crippen LogP contribution in [-0.4, -0.2) is 55.1 Å². The summed E-state index contributed by atoms with van der Waals surface area (Å²) in [5, 5.41) is 2.88. The Morgan fingerprint density at radius 1 is 1.24 bits per heavy atom. The van der Waals surface area contributed by atoms with Crippen LogP contribution in [0.3, 0.4) is 0 Å². The topological polar surface area (TPSA) is 84.7 Å². The summed E-state index contributed by atoms with van der Waals surface area (Å²) >= 11 is 0. The Morgan fingerprint density at radius 2 is 1.90 bits per heavy atom. The number of hydrogen-bond donors (Lipinski definition) is 2. The van der Waals surface area contributed by atoms with Gasteiger partial charge in [0.2, 0.25) is 11.8 Å². The van der Waals surface area contributed by atoms with Gasteiger partial charge in [-0.25, -0.2) is 0 Å². The lowest BCUT2D eigenvalue weighted by Gasteiger charge is -2.31. The number of morpholine rings is 1. The fraction of sp³-hybridized carbons (Fsp3) is 0.867. The molecule has 5 atom stereocenters. The number of rotatable bonds is 3. The lowest BCUT2D eigenvalue weighted by Crippen LogP contribution is -2.53. The SMILES string of the molecule is CC(NC(=O)C1C2CCC(C2)C1N)C(=O)N1CCOCC1. The van der Waals surface area contributed by atoms with E-state index in [1.807, 2.05) is 0 Å². The second-order valence-electron chi connectivity index (χ2n) is 6.60. The first-order valence-electron chi connectivity index (χ1n) is 8.00. The number of hydrogen-bond acceptors (Lipinski definition) is 4. The average Bonchev–Trinajstić information content (AvgIpc) is 3.08. The highest BCUT2D eigenvalue weighted by Gasteiger charge is 2.49. The Kier molecular flexibility index (Phi) is 4.17. The quantitative estimate of drug-likeness (QED) is 0.750. The van der Waals surface area contributed by atoms with E-state index in [2.05, 4.69) is 5.32 Å². The summed E-state index contributed by atoms with van der Waals surface area (Å²) in [6.07, 6.45) is 3.32. The van der Waals surface area contributed by atoms with Crippen molar-refractivity contribution in [2.75, 3.05) is 26.3 Å². The summed E-state index contributed by atoms with van der Waals surface area (Å²) in [5.74, 6) is 0.738. The van der Waals surface area contributed by atoms with Crippen molar-refractivity contribution in [3.63, 3.8) is 0 Å². The second-order valence-corrected chi connectivity index (χ2v) is 6.60. The van der Waals surface area contributed by atoms with Crippen LogP contribution in [0.5, 0.6) is 0 Å². The normalized spacial score (nSPS) is 36.6. The second kappa shape index (κ2) is 5.93. The van der Waals surface area contributed by atoms with Crippen molar-refractivity contribution < 1.29 is 14.3 Å². The van der Waals surface area contributed by atoms with Gasteiger partial charge >= 0.3 is 0 Å². The molecule has 2 bridgehead atoms. The minimum absolute atomic E-state index is 0.0247. The number of nitrogens with two attached hydrogens (primary N) is 1. The van der Waals surface area contributed by atoms with E-state index >= 15 is 0 Å². The molecule has 6 heteroatoms. The smallest absolute Gasteiger partial charge is 0.245 e. The van der Waals surface area contributed by atoms with Crippen LogP contribution in [0.25, 0.3) is 0 Å². The zero-order chi connectivity index (χ0) is 15.0. The molecule has 0 aromatic rings. The molecule has 118 valence electrons. The van der Waals surface area contributed by atoms with Crippen molar-refractivity contribution >= 4 is 11.8 Å². The molecule has 3 fully saturated rings. The van der Waals surface area contributed by atoms with Crippen molar-refractivity contribution in [3.8, 4) is 0 Å². The van der Waals surface area contributed by atoms with Crippen molar-refractivity contribution in [1.82, 2.24) is 10.2 Å². The Hall–Kier alpha value is -1.14. The summed E-state index contributed by atoms with van der Waals surface area (Å²) in [6, 6.07) is -0.517. The maximum atomic E-state index is 12.5. The molecule has 1 aliphatic heterocycles. The molecule has 2 amide bonds. The third kappa shape index (κ3) is 2.79. The average molecular weight is 295 g/mol. The molecular formula is C15H25N3O3. The molecule has 1 heterocycles. The Morgan fingerprint density at radius 3 is 2.52 bits per heavy atom. The molecule has 0 aromatic heterocycles. The van der Waals surface area contributed by atoms with E-state index in [-0.39, 0.29) is 23.8 Å². The fourth-order valence-electron chi connectivity index (χ4n) is 4.15. The number of carbonyl (C=O) groups is 2. The third-order valence-electron chi connectivity index (χ3n) is 5.34. The number of nitrogens with zero attached hydrogens (tertiary/aromatic N) is 1. The van der Waals surface area contributed by atoms with Gasteiger partial charge in [-0.1, -0.05) is 0 Å². The van der Waals surface area contributed by atoms with Gasteiger partial charge in [0.25, 0.3) is 0 Å². The summed E-state index contributed by atoms with van der Waals surface area (Å²) in [7, 11) is 0. The molecule has 2 aliphatic carbocycles. The molecule has 5 unspecified atom stereocenters. The molecule has 2 saturated carbocycles. The minimum Gasteiger partial charge on any atom is -0.378 e. The van der Waals surface area contributed by atoms with E-state index in [0.717, 1.165) is 19.3 Å².